The zero-order valence-electron chi connectivity index (χ0n) is 25.0. The van der Waals surface area contributed by atoms with E-state index in [0.717, 1.165) is 39.2 Å². The van der Waals surface area contributed by atoms with E-state index >= 15 is 0 Å². The number of fused-ring (bicyclic) bond motifs is 6. The lowest BCUT2D eigenvalue weighted by molar-refractivity contribution is 0.628. The third kappa shape index (κ3) is 4.02. The molecule has 1 unspecified atom stereocenters. The van der Waals surface area contributed by atoms with Crippen LogP contribution in [-0.2, 0) is 0 Å². The van der Waals surface area contributed by atoms with Crippen molar-refractivity contribution in [1.29, 1.82) is 0 Å². The lowest BCUT2D eigenvalue weighted by atomic mass is 9.89. The molecule has 0 saturated carbocycles. The van der Waals surface area contributed by atoms with Crippen LogP contribution in [0.1, 0.15) is 22.6 Å². The number of rotatable bonds is 5. The van der Waals surface area contributed by atoms with Gasteiger partial charge < -0.3 is 9.47 Å². The molecule has 0 spiro atoms. The minimum absolute atomic E-state index is 0.123. The minimum Gasteiger partial charge on any atom is -0.309 e. The van der Waals surface area contributed by atoms with E-state index in [4.69, 9.17) is 0 Å². The number of para-hydroxylation sites is 2. The Bertz CT molecular complexity index is 2370. The summed E-state index contributed by atoms with van der Waals surface area (Å²) in [7, 11) is 0. The molecule has 0 fully saturated rings. The van der Waals surface area contributed by atoms with E-state index in [2.05, 4.69) is 155 Å². The van der Waals surface area contributed by atoms with Crippen LogP contribution in [0.15, 0.2) is 170 Å². The molecule has 1 aliphatic rings. The largest absolute Gasteiger partial charge is 0.309 e. The van der Waals surface area contributed by atoms with Crippen molar-refractivity contribution in [3.63, 3.8) is 0 Å². The SMILES string of the molecule is Fc1ccc(N(c2cccc3c2-c2ccccc2C3c2ccccc2)c2cccc3c2c2ccccc2n3-c2ccccc2)cc1. The number of aromatic nitrogens is 1. The van der Waals surface area contributed by atoms with Gasteiger partial charge in [-0.2, -0.15) is 0 Å². The number of hydrogen-bond donors (Lipinski definition) is 0. The third-order valence-electron chi connectivity index (χ3n) is 9.32. The molecule has 218 valence electrons. The van der Waals surface area contributed by atoms with Crippen LogP contribution >= 0.6 is 0 Å². The van der Waals surface area contributed by atoms with E-state index < -0.39 is 0 Å². The Hall–Kier alpha value is -5.93. The molecule has 46 heavy (non-hydrogen) atoms. The Morgan fingerprint density at radius 3 is 1.96 bits per heavy atom. The summed E-state index contributed by atoms with van der Waals surface area (Å²) in [6.45, 7) is 0. The summed E-state index contributed by atoms with van der Waals surface area (Å²) in [5.41, 5.74) is 12.7. The molecule has 1 aliphatic carbocycles. The summed E-state index contributed by atoms with van der Waals surface area (Å²) >= 11 is 0. The second kappa shape index (κ2) is 10.6. The van der Waals surface area contributed by atoms with Crippen molar-refractivity contribution >= 4 is 38.9 Å². The van der Waals surface area contributed by atoms with Crippen LogP contribution in [-0.4, -0.2) is 4.57 Å². The zero-order chi connectivity index (χ0) is 30.6. The van der Waals surface area contributed by atoms with Gasteiger partial charge in [-0.1, -0.05) is 109 Å². The Labute approximate surface area is 267 Å². The molecule has 0 saturated heterocycles. The fourth-order valence-electron chi connectivity index (χ4n) is 7.47. The normalized spacial score (nSPS) is 13.5. The Morgan fingerprint density at radius 1 is 0.500 bits per heavy atom. The lowest BCUT2D eigenvalue weighted by Gasteiger charge is -2.29. The second-order valence-corrected chi connectivity index (χ2v) is 11.8. The smallest absolute Gasteiger partial charge is 0.123 e. The van der Waals surface area contributed by atoms with Gasteiger partial charge in [0.1, 0.15) is 5.82 Å². The first kappa shape index (κ1) is 26.5. The maximum absolute atomic E-state index is 14.4. The highest BCUT2D eigenvalue weighted by molar-refractivity contribution is 6.17. The summed E-state index contributed by atoms with van der Waals surface area (Å²) < 4.78 is 16.8. The third-order valence-corrected chi connectivity index (χ3v) is 9.32. The average molecular weight is 593 g/mol. The predicted molar refractivity (Wildman–Crippen MR) is 188 cm³/mol. The Kier molecular flexibility index (Phi) is 6.10. The van der Waals surface area contributed by atoms with Gasteiger partial charge >= 0.3 is 0 Å². The van der Waals surface area contributed by atoms with E-state index in [1.54, 1.807) is 12.1 Å². The molecule has 0 N–H and O–H groups in total. The van der Waals surface area contributed by atoms with Gasteiger partial charge in [-0.15, -0.1) is 0 Å². The first-order chi connectivity index (χ1) is 22.8. The van der Waals surface area contributed by atoms with Crippen LogP contribution in [0.3, 0.4) is 0 Å². The number of anilines is 3. The molecule has 8 aromatic rings. The molecule has 1 aromatic heterocycles. The minimum atomic E-state index is -0.254. The number of benzene rings is 7. The molecule has 1 heterocycles. The van der Waals surface area contributed by atoms with E-state index in [0.29, 0.717) is 0 Å². The van der Waals surface area contributed by atoms with Gasteiger partial charge in [0.05, 0.1) is 22.4 Å². The van der Waals surface area contributed by atoms with Crippen LogP contribution < -0.4 is 4.90 Å². The molecule has 0 amide bonds. The Balaban J connectivity index is 1.37. The quantitative estimate of drug-likeness (QED) is 0.193. The van der Waals surface area contributed by atoms with Crippen LogP contribution in [0.5, 0.6) is 0 Å². The van der Waals surface area contributed by atoms with Gasteiger partial charge in [0.25, 0.3) is 0 Å². The van der Waals surface area contributed by atoms with E-state index in [1.165, 1.54) is 33.2 Å². The van der Waals surface area contributed by atoms with Crippen LogP contribution in [0.25, 0.3) is 38.6 Å². The highest BCUT2D eigenvalue weighted by atomic mass is 19.1. The highest BCUT2D eigenvalue weighted by Crippen LogP contribution is 2.54. The molecule has 2 nitrogen and oxygen atoms in total. The molecule has 0 radical (unpaired) electrons. The molecule has 0 bridgehead atoms. The average Bonchev–Trinajstić information content (AvgIpc) is 3.64. The number of halogens is 1. The summed E-state index contributed by atoms with van der Waals surface area (Å²) in [6.07, 6.45) is 0. The van der Waals surface area contributed by atoms with Crippen molar-refractivity contribution in [2.75, 3.05) is 4.90 Å². The van der Waals surface area contributed by atoms with Gasteiger partial charge in [-0.25, -0.2) is 4.39 Å². The second-order valence-electron chi connectivity index (χ2n) is 11.8. The van der Waals surface area contributed by atoms with Crippen molar-refractivity contribution in [3.05, 3.63) is 192 Å². The van der Waals surface area contributed by atoms with Crippen LogP contribution in [0.4, 0.5) is 21.5 Å². The van der Waals surface area contributed by atoms with Crippen LogP contribution in [0, 0.1) is 5.82 Å². The van der Waals surface area contributed by atoms with Crippen LogP contribution in [0.2, 0.25) is 0 Å². The molecule has 1 atom stereocenters. The van der Waals surface area contributed by atoms with Crippen molar-refractivity contribution in [1.82, 2.24) is 4.57 Å². The highest BCUT2D eigenvalue weighted by Gasteiger charge is 2.33. The standard InChI is InChI=1S/C43H29FN2/c44-30-25-27-32(28-26-30)46(38-22-11-20-36-41(29-13-3-1-4-14-29)33-17-7-8-18-34(33)42(36)38)40-24-12-23-39-43(40)35-19-9-10-21-37(35)45(39)31-15-5-2-6-16-31/h1-28,41H. The summed E-state index contributed by atoms with van der Waals surface area (Å²) in [5, 5.41) is 2.31. The maximum atomic E-state index is 14.4. The van der Waals surface area contributed by atoms with Crippen molar-refractivity contribution in [2.45, 2.75) is 5.92 Å². The van der Waals surface area contributed by atoms with Gasteiger partial charge in [0.2, 0.25) is 0 Å². The van der Waals surface area contributed by atoms with Crippen molar-refractivity contribution < 1.29 is 4.39 Å². The van der Waals surface area contributed by atoms with E-state index in [-0.39, 0.29) is 11.7 Å². The Morgan fingerprint density at radius 2 is 1.13 bits per heavy atom. The fourth-order valence-corrected chi connectivity index (χ4v) is 7.47. The topological polar surface area (TPSA) is 8.17 Å². The molecule has 9 rings (SSSR count). The van der Waals surface area contributed by atoms with Gasteiger partial charge in [0, 0.05) is 33.6 Å². The predicted octanol–water partition coefficient (Wildman–Crippen LogP) is 11.6. The first-order valence-electron chi connectivity index (χ1n) is 15.7. The molecular formula is C43H29FN2. The summed E-state index contributed by atoms with van der Waals surface area (Å²) in [5.74, 6) is -0.131. The fraction of sp³-hybridized carbons (Fsp3) is 0.0233. The molecular weight excluding hydrogens is 563 g/mol. The van der Waals surface area contributed by atoms with Crippen molar-refractivity contribution in [3.8, 4) is 16.8 Å². The monoisotopic (exact) mass is 592 g/mol. The molecule has 7 aromatic carbocycles. The molecule has 0 aliphatic heterocycles. The number of hydrogen-bond acceptors (Lipinski definition) is 1. The number of nitrogens with zero attached hydrogens (tertiary/aromatic N) is 2. The van der Waals surface area contributed by atoms with E-state index in [1.807, 2.05) is 12.1 Å². The maximum Gasteiger partial charge on any atom is 0.123 e. The van der Waals surface area contributed by atoms with Gasteiger partial charge in [-0.05, 0) is 82.9 Å². The van der Waals surface area contributed by atoms with Gasteiger partial charge in [-0.3, -0.25) is 0 Å². The lowest BCUT2D eigenvalue weighted by Crippen LogP contribution is -2.12. The van der Waals surface area contributed by atoms with Crippen molar-refractivity contribution in [2.24, 2.45) is 0 Å². The van der Waals surface area contributed by atoms with E-state index in [9.17, 15) is 4.39 Å². The summed E-state index contributed by atoms with van der Waals surface area (Å²) in [6, 6.07) is 58.7. The van der Waals surface area contributed by atoms with Gasteiger partial charge in [0.15, 0.2) is 0 Å². The molecule has 3 heteroatoms. The zero-order valence-corrected chi connectivity index (χ0v) is 25.0. The first-order valence-corrected chi connectivity index (χ1v) is 15.7. The summed E-state index contributed by atoms with van der Waals surface area (Å²) in [4.78, 5) is 2.33.